The van der Waals surface area contributed by atoms with E-state index in [1.165, 1.54) is 18.3 Å². The van der Waals surface area contributed by atoms with Crippen molar-refractivity contribution in [2.45, 2.75) is 19.4 Å². The lowest BCUT2D eigenvalue weighted by atomic mass is 10.2. The van der Waals surface area contributed by atoms with Gasteiger partial charge in [-0.05, 0) is 24.1 Å². The number of oxime groups is 1. The van der Waals surface area contributed by atoms with Crippen LogP contribution in [0.3, 0.4) is 0 Å². The zero-order chi connectivity index (χ0) is 11.1. The fourth-order valence-corrected chi connectivity index (χ4v) is 0.904. The van der Waals surface area contributed by atoms with Gasteiger partial charge < -0.3 is 10.6 Å². The molecule has 1 unspecified atom stereocenters. The molecular weight excluding hydrogens is 195 g/mol. The molecule has 0 aromatic heterocycles. The monoisotopic (exact) mass is 210 g/mol. The average Bonchev–Trinajstić information content (AvgIpc) is 2.26. The summed E-state index contributed by atoms with van der Waals surface area (Å²) in [6.45, 7) is 2.38. The average molecular weight is 210 g/mol. The molecule has 15 heavy (non-hydrogen) atoms. The third-order valence-electron chi connectivity index (χ3n) is 1.96. The number of hydrogen-bond acceptors (Lipinski definition) is 3. The second-order valence-electron chi connectivity index (χ2n) is 3.25. The Labute approximate surface area is 88.7 Å². The fourth-order valence-electron chi connectivity index (χ4n) is 0.904. The molecule has 0 spiro atoms. The molecule has 0 amide bonds. The summed E-state index contributed by atoms with van der Waals surface area (Å²) < 4.78 is 12.5. The molecule has 4 heteroatoms. The van der Waals surface area contributed by atoms with Crippen molar-refractivity contribution in [2.24, 2.45) is 10.9 Å². The van der Waals surface area contributed by atoms with Crippen molar-refractivity contribution in [1.29, 1.82) is 0 Å². The molecule has 0 saturated carbocycles. The van der Waals surface area contributed by atoms with Gasteiger partial charge in [0.05, 0.1) is 6.21 Å². The topological polar surface area (TPSA) is 47.6 Å². The van der Waals surface area contributed by atoms with E-state index in [0.717, 1.165) is 12.0 Å². The van der Waals surface area contributed by atoms with Crippen LogP contribution in [0, 0.1) is 5.82 Å². The first-order valence-electron chi connectivity index (χ1n) is 4.89. The van der Waals surface area contributed by atoms with Gasteiger partial charge >= 0.3 is 0 Å². The van der Waals surface area contributed by atoms with E-state index in [0.29, 0.717) is 6.61 Å². The minimum atomic E-state index is -0.263. The molecule has 1 rings (SSSR count). The van der Waals surface area contributed by atoms with Crippen molar-refractivity contribution in [3.8, 4) is 0 Å². The Morgan fingerprint density at radius 3 is 2.73 bits per heavy atom. The van der Waals surface area contributed by atoms with Gasteiger partial charge in [-0.25, -0.2) is 4.39 Å². The minimum Gasteiger partial charge on any atom is -0.394 e. The van der Waals surface area contributed by atoms with Gasteiger partial charge in [0, 0.05) is 6.04 Å². The van der Waals surface area contributed by atoms with E-state index >= 15 is 0 Å². The Balaban J connectivity index is 2.35. The van der Waals surface area contributed by atoms with Crippen molar-refractivity contribution < 1.29 is 9.23 Å². The van der Waals surface area contributed by atoms with Gasteiger partial charge in [0.15, 0.2) is 0 Å². The minimum absolute atomic E-state index is 0.00960. The maximum Gasteiger partial charge on any atom is 0.132 e. The predicted molar refractivity (Wildman–Crippen MR) is 58.2 cm³/mol. The molecular formula is C11H15FN2O. The van der Waals surface area contributed by atoms with Gasteiger partial charge in [-0.3, -0.25) is 0 Å². The molecule has 0 saturated heterocycles. The molecule has 82 valence electrons. The second kappa shape index (κ2) is 6.14. The van der Waals surface area contributed by atoms with Crippen LogP contribution >= 0.6 is 0 Å². The van der Waals surface area contributed by atoms with E-state index in [-0.39, 0.29) is 11.9 Å². The third-order valence-corrected chi connectivity index (χ3v) is 1.96. The third kappa shape index (κ3) is 4.56. The number of nitrogens with zero attached hydrogens (tertiary/aromatic N) is 1. The summed E-state index contributed by atoms with van der Waals surface area (Å²) >= 11 is 0. The first-order chi connectivity index (χ1) is 7.22. The molecule has 0 radical (unpaired) electrons. The fraction of sp³-hybridized carbons (Fsp3) is 0.364. The molecule has 0 fully saturated rings. The van der Waals surface area contributed by atoms with Crippen molar-refractivity contribution in [2.75, 3.05) is 6.61 Å². The number of nitrogens with two attached hydrogens (primary N) is 1. The lowest BCUT2D eigenvalue weighted by Crippen LogP contribution is -2.23. The zero-order valence-corrected chi connectivity index (χ0v) is 8.69. The van der Waals surface area contributed by atoms with Gasteiger partial charge in [-0.1, -0.05) is 24.2 Å². The van der Waals surface area contributed by atoms with Gasteiger partial charge in [0.25, 0.3) is 0 Å². The highest BCUT2D eigenvalue weighted by Gasteiger charge is 1.97. The smallest absolute Gasteiger partial charge is 0.132 e. The SMILES string of the molecule is CCC(N)CO/N=C/c1ccc(F)cc1. The highest BCUT2D eigenvalue weighted by Crippen LogP contribution is 2.00. The number of halogens is 1. The van der Waals surface area contributed by atoms with Gasteiger partial charge in [0.2, 0.25) is 0 Å². The van der Waals surface area contributed by atoms with Crippen LogP contribution in [0.15, 0.2) is 29.4 Å². The summed E-state index contributed by atoms with van der Waals surface area (Å²) in [7, 11) is 0. The lowest BCUT2D eigenvalue weighted by molar-refractivity contribution is 0.130. The quantitative estimate of drug-likeness (QED) is 0.596. The Bertz CT molecular complexity index is 311. The van der Waals surface area contributed by atoms with Gasteiger partial charge in [-0.15, -0.1) is 0 Å². The van der Waals surface area contributed by atoms with Gasteiger partial charge in [-0.2, -0.15) is 0 Å². The molecule has 2 N–H and O–H groups in total. The Kier molecular flexibility index (Phi) is 4.77. The molecule has 0 heterocycles. The first-order valence-corrected chi connectivity index (χ1v) is 4.89. The van der Waals surface area contributed by atoms with E-state index < -0.39 is 0 Å². The number of rotatable bonds is 5. The highest BCUT2D eigenvalue weighted by atomic mass is 19.1. The largest absolute Gasteiger partial charge is 0.394 e. The summed E-state index contributed by atoms with van der Waals surface area (Å²) in [5.74, 6) is -0.263. The van der Waals surface area contributed by atoms with E-state index in [1.807, 2.05) is 6.92 Å². The zero-order valence-electron chi connectivity index (χ0n) is 8.69. The molecule has 1 atom stereocenters. The second-order valence-corrected chi connectivity index (χ2v) is 3.25. The normalized spacial score (nSPS) is 13.0. The summed E-state index contributed by atoms with van der Waals surface area (Å²) in [4.78, 5) is 4.97. The predicted octanol–water partition coefficient (Wildman–Crippen LogP) is 1.91. The van der Waals surface area contributed by atoms with Crippen molar-refractivity contribution in [3.05, 3.63) is 35.6 Å². The summed E-state index contributed by atoms with van der Waals surface area (Å²) in [5.41, 5.74) is 6.42. The summed E-state index contributed by atoms with van der Waals surface area (Å²) in [6, 6.07) is 6.01. The van der Waals surface area contributed by atoms with Crippen LogP contribution in [0.25, 0.3) is 0 Å². The molecule has 0 bridgehead atoms. The van der Waals surface area contributed by atoms with Crippen LogP contribution in [0.1, 0.15) is 18.9 Å². The Hall–Kier alpha value is -1.42. The van der Waals surface area contributed by atoms with Crippen LogP contribution in [0.2, 0.25) is 0 Å². The van der Waals surface area contributed by atoms with Crippen LogP contribution in [-0.4, -0.2) is 18.9 Å². The first kappa shape index (κ1) is 11.7. The Morgan fingerprint density at radius 1 is 1.47 bits per heavy atom. The van der Waals surface area contributed by atoms with Crippen LogP contribution in [-0.2, 0) is 4.84 Å². The molecule has 1 aromatic carbocycles. The standard InChI is InChI=1S/C11H15FN2O/c1-2-11(13)8-15-14-7-9-3-5-10(12)6-4-9/h3-7,11H,2,8,13H2,1H3/b14-7+. The highest BCUT2D eigenvalue weighted by molar-refractivity contribution is 5.78. The van der Waals surface area contributed by atoms with Crippen molar-refractivity contribution >= 4 is 6.21 Å². The Morgan fingerprint density at radius 2 is 2.13 bits per heavy atom. The lowest BCUT2D eigenvalue weighted by Gasteiger charge is -2.05. The molecule has 0 aliphatic rings. The van der Waals surface area contributed by atoms with Crippen LogP contribution < -0.4 is 5.73 Å². The van der Waals surface area contributed by atoms with Crippen molar-refractivity contribution in [1.82, 2.24) is 0 Å². The van der Waals surface area contributed by atoms with Crippen molar-refractivity contribution in [3.63, 3.8) is 0 Å². The summed E-state index contributed by atoms with van der Waals surface area (Å²) in [5, 5.41) is 3.73. The van der Waals surface area contributed by atoms with E-state index in [2.05, 4.69) is 5.16 Å². The number of hydrogen-bond donors (Lipinski definition) is 1. The van der Waals surface area contributed by atoms with E-state index in [1.54, 1.807) is 12.1 Å². The maximum atomic E-state index is 12.5. The molecule has 0 aliphatic heterocycles. The summed E-state index contributed by atoms with van der Waals surface area (Å²) in [6.07, 6.45) is 2.38. The van der Waals surface area contributed by atoms with E-state index in [9.17, 15) is 4.39 Å². The maximum absolute atomic E-state index is 12.5. The molecule has 1 aromatic rings. The van der Waals surface area contributed by atoms with E-state index in [4.69, 9.17) is 10.6 Å². The number of benzene rings is 1. The molecule has 3 nitrogen and oxygen atoms in total. The van der Waals surface area contributed by atoms with Crippen LogP contribution in [0.4, 0.5) is 4.39 Å². The van der Waals surface area contributed by atoms with Gasteiger partial charge in [0.1, 0.15) is 12.4 Å². The molecule has 0 aliphatic carbocycles. The van der Waals surface area contributed by atoms with Crippen LogP contribution in [0.5, 0.6) is 0 Å².